The number of sulfonamides is 1. The topological polar surface area (TPSA) is 96.4 Å². The third kappa shape index (κ3) is 2.97. The van der Waals surface area contributed by atoms with Gasteiger partial charge in [0, 0.05) is 17.1 Å². The lowest BCUT2D eigenvalue weighted by atomic mass is 10.1. The first-order chi connectivity index (χ1) is 10.9. The van der Waals surface area contributed by atoms with Crippen molar-refractivity contribution in [2.75, 3.05) is 15.4 Å². The Morgan fingerprint density at radius 2 is 2.04 bits per heavy atom. The van der Waals surface area contributed by atoms with E-state index in [0.29, 0.717) is 10.7 Å². The number of thiazole rings is 1. The summed E-state index contributed by atoms with van der Waals surface area (Å²) in [7, 11) is -3.64. The second kappa shape index (κ2) is 5.74. The van der Waals surface area contributed by atoms with E-state index in [0.717, 1.165) is 4.31 Å². The average molecular weight is 351 g/mol. The Morgan fingerprint density at radius 3 is 2.57 bits per heavy atom. The van der Waals surface area contributed by atoms with E-state index in [2.05, 4.69) is 10.3 Å². The van der Waals surface area contributed by atoms with E-state index in [1.807, 2.05) is 0 Å². The third-order valence-electron chi connectivity index (χ3n) is 3.38. The van der Waals surface area contributed by atoms with Crippen LogP contribution in [0.2, 0.25) is 0 Å². The van der Waals surface area contributed by atoms with Crippen LogP contribution in [-0.4, -0.2) is 31.0 Å². The van der Waals surface area contributed by atoms with Gasteiger partial charge >= 0.3 is 0 Å². The maximum atomic E-state index is 12.0. The van der Waals surface area contributed by atoms with Crippen LogP contribution in [0, 0.1) is 5.92 Å². The molecule has 1 aromatic heterocycles. The number of carbonyl (C=O) groups is 2. The lowest BCUT2D eigenvalue weighted by Gasteiger charge is -2.15. The Morgan fingerprint density at radius 1 is 1.35 bits per heavy atom. The van der Waals surface area contributed by atoms with Gasteiger partial charge in [-0.15, -0.1) is 11.3 Å². The van der Waals surface area contributed by atoms with Gasteiger partial charge in [-0.2, -0.15) is 0 Å². The summed E-state index contributed by atoms with van der Waals surface area (Å²) in [6, 6.07) is 5.85. The summed E-state index contributed by atoms with van der Waals surface area (Å²) < 4.78 is 24.9. The molecule has 0 spiro atoms. The molecule has 0 bridgehead atoms. The maximum Gasteiger partial charge on any atom is 0.257 e. The smallest absolute Gasteiger partial charge is 0.257 e. The van der Waals surface area contributed by atoms with E-state index in [-0.39, 0.29) is 17.3 Å². The predicted octanol–water partition coefficient (Wildman–Crippen LogP) is 1.71. The minimum Gasteiger partial charge on any atom is -0.298 e. The van der Waals surface area contributed by atoms with Gasteiger partial charge in [0.25, 0.3) is 5.91 Å². The number of benzene rings is 1. The third-order valence-corrected chi connectivity index (χ3v) is 5.93. The first-order valence-corrected chi connectivity index (χ1v) is 9.25. The van der Waals surface area contributed by atoms with Crippen LogP contribution in [-0.2, 0) is 14.8 Å². The highest BCUT2D eigenvalue weighted by molar-refractivity contribution is 7.94. The number of nitrogens with zero attached hydrogens (tertiary/aromatic N) is 2. The molecule has 1 aromatic carbocycles. The van der Waals surface area contributed by atoms with Crippen LogP contribution in [0.25, 0.3) is 0 Å². The maximum absolute atomic E-state index is 12.0. The molecule has 0 radical (unpaired) electrons. The lowest BCUT2D eigenvalue weighted by molar-refractivity contribution is -0.119. The molecule has 1 aliphatic rings. The van der Waals surface area contributed by atoms with E-state index in [9.17, 15) is 18.0 Å². The zero-order chi connectivity index (χ0) is 16.6. The van der Waals surface area contributed by atoms with Crippen molar-refractivity contribution in [2.24, 2.45) is 5.92 Å². The molecule has 0 aliphatic carbocycles. The van der Waals surface area contributed by atoms with Crippen molar-refractivity contribution in [2.45, 2.75) is 6.92 Å². The summed E-state index contributed by atoms with van der Waals surface area (Å²) in [5.41, 5.74) is 0.589. The number of amides is 2. The summed E-state index contributed by atoms with van der Waals surface area (Å²) in [6.45, 7) is 1.58. The molecular weight excluding hydrogens is 338 g/mol. The summed E-state index contributed by atoms with van der Waals surface area (Å²) in [4.78, 5) is 28.0. The molecule has 1 atom stereocenters. The van der Waals surface area contributed by atoms with Crippen molar-refractivity contribution >= 4 is 44.0 Å². The van der Waals surface area contributed by atoms with Crippen molar-refractivity contribution < 1.29 is 18.0 Å². The summed E-state index contributed by atoms with van der Waals surface area (Å²) in [6.07, 6.45) is 1.58. The van der Waals surface area contributed by atoms with Gasteiger partial charge in [0.05, 0.1) is 17.4 Å². The van der Waals surface area contributed by atoms with E-state index in [4.69, 9.17) is 0 Å². The van der Waals surface area contributed by atoms with Crippen molar-refractivity contribution in [3.05, 3.63) is 41.4 Å². The summed E-state index contributed by atoms with van der Waals surface area (Å²) in [5, 5.41) is 4.85. The number of anilines is 2. The molecule has 1 aliphatic heterocycles. The van der Waals surface area contributed by atoms with Crippen molar-refractivity contribution in [1.29, 1.82) is 0 Å². The van der Waals surface area contributed by atoms with Gasteiger partial charge in [-0.1, -0.05) is 6.92 Å². The molecule has 23 heavy (non-hydrogen) atoms. The molecule has 2 amide bonds. The summed E-state index contributed by atoms with van der Waals surface area (Å²) in [5.74, 6) is -1.56. The number of hydrogen-bond acceptors (Lipinski definition) is 6. The second-order valence-corrected chi connectivity index (χ2v) is 7.88. The van der Waals surface area contributed by atoms with Crippen LogP contribution in [0.4, 0.5) is 10.8 Å². The largest absolute Gasteiger partial charge is 0.298 e. The highest BCUT2D eigenvalue weighted by Gasteiger charge is 2.41. The number of aromatic nitrogens is 1. The average Bonchev–Trinajstić information content (AvgIpc) is 3.06. The predicted molar refractivity (Wildman–Crippen MR) is 86.9 cm³/mol. The van der Waals surface area contributed by atoms with Gasteiger partial charge < -0.3 is 0 Å². The molecule has 0 saturated carbocycles. The molecule has 3 rings (SSSR count). The Bertz CT molecular complexity index is 845. The molecule has 2 heterocycles. The highest BCUT2D eigenvalue weighted by atomic mass is 32.2. The molecule has 7 nitrogen and oxygen atoms in total. The van der Waals surface area contributed by atoms with Crippen LogP contribution < -0.4 is 9.62 Å². The van der Waals surface area contributed by atoms with Crippen LogP contribution in [0.15, 0.2) is 35.8 Å². The lowest BCUT2D eigenvalue weighted by Crippen LogP contribution is -2.30. The van der Waals surface area contributed by atoms with E-state index in [1.54, 1.807) is 18.5 Å². The van der Waals surface area contributed by atoms with Crippen LogP contribution in [0.1, 0.15) is 17.3 Å². The number of rotatable bonds is 3. The van der Waals surface area contributed by atoms with Crippen molar-refractivity contribution in [3.63, 3.8) is 0 Å². The van der Waals surface area contributed by atoms with E-state index in [1.165, 1.54) is 35.6 Å². The number of nitrogens with one attached hydrogen (secondary N) is 1. The first kappa shape index (κ1) is 15.6. The second-order valence-electron chi connectivity index (χ2n) is 5.12. The molecule has 9 heteroatoms. The Hall–Kier alpha value is -2.26. The van der Waals surface area contributed by atoms with Crippen LogP contribution in [0.5, 0.6) is 0 Å². The van der Waals surface area contributed by atoms with Gasteiger partial charge in [0.15, 0.2) is 5.13 Å². The van der Waals surface area contributed by atoms with Crippen molar-refractivity contribution in [1.82, 2.24) is 4.98 Å². The van der Waals surface area contributed by atoms with Gasteiger partial charge in [0.2, 0.25) is 15.9 Å². The van der Waals surface area contributed by atoms with Crippen LogP contribution >= 0.6 is 11.3 Å². The molecule has 1 saturated heterocycles. The number of carbonyl (C=O) groups excluding carboxylic acids is 2. The molecular formula is C14H13N3O4S2. The van der Waals surface area contributed by atoms with E-state index >= 15 is 0 Å². The quantitative estimate of drug-likeness (QED) is 0.908. The SMILES string of the molecule is CC1CS(=O)(=O)N(c2ccc(C(=O)Nc3nccs3)cc2)C1=O. The molecule has 2 aromatic rings. The standard InChI is InChI=1S/C14H13N3O4S2/c1-9-8-23(20,21)17(13(9)19)11-4-2-10(3-5-11)12(18)16-14-15-6-7-22-14/h2-7,9H,8H2,1H3,(H,15,16,18). The van der Waals surface area contributed by atoms with Crippen LogP contribution in [0.3, 0.4) is 0 Å². The zero-order valence-electron chi connectivity index (χ0n) is 12.1. The fourth-order valence-corrected chi connectivity index (χ4v) is 4.63. The Labute approximate surface area is 137 Å². The molecule has 1 fully saturated rings. The minimum absolute atomic E-state index is 0.196. The van der Waals surface area contributed by atoms with Gasteiger partial charge in [0.1, 0.15) is 0 Å². The fraction of sp³-hybridized carbons (Fsp3) is 0.214. The molecule has 1 N–H and O–H groups in total. The highest BCUT2D eigenvalue weighted by Crippen LogP contribution is 2.28. The van der Waals surface area contributed by atoms with Crippen molar-refractivity contribution in [3.8, 4) is 0 Å². The summed E-state index contributed by atoms with van der Waals surface area (Å²) >= 11 is 1.29. The van der Waals surface area contributed by atoms with Gasteiger partial charge in [-0.05, 0) is 24.3 Å². The first-order valence-electron chi connectivity index (χ1n) is 6.76. The normalized spacial score (nSPS) is 19.8. The van der Waals surface area contributed by atoms with E-state index < -0.39 is 21.8 Å². The monoisotopic (exact) mass is 351 g/mol. The zero-order valence-corrected chi connectivity index (χ0v) is 13.7. The van der Waals surface area contributed by atoms with Gasteiger partial charge in [-0.25, -0.2) is 17.7 Å². The molecule has 1 unspecified atom stereocenters. The Balaban J connectivity index is 1.82. The Kier molecular flexibility index (Phi) is 3.90. The van der Waals surface area contributed by atoms with Gasteiger partial charge in [-0.3, -0.25) is 14.9 Å². The molecule has 120 valence electrons. The fourth-order valence-electron chi connectivity index (χ4n) is 2.29. The minimum atomic E-state index is -3.64. The number of hydrogen-bond donors (Lipinski definition) is 1.